The van der Waals surface area contributed by atoms with Crippen molar-refractivity contribution >= 4 is 34.6 Å². The largest absolute Gasteiger partial charge is 0.497 e. The molecule has 140 valence electrons. The average molecular weight is 390 g/mol. The van der Waals surface area contributed by atoms with Crippen LogP contribution in [0.5, 0.6) is 5.75 Å². The molecular formula is C22H18N2O3S. The Morgan fingerprint density at radius 1 is 1.04 bits per heavy atom. The van der Waals surface area contributed by atoms with Crippen LogP contribution in [0.4, 0.5) is 5.69 Å². The molecule has 3 aromatic rings. The minimum atomic E-state index is -0.0953. The lowest BCUT2D eigenvalue weighted by Crippen LogP contribution is -2.23. The van der Waals surface area contributed by atoms with E-state index in [1.165, 1.54) is 11.8 Å². The van der Waals surface area contributed by atoms with Crippen LogP contribution in [-0.2, 0) is 4.79 Å². The number of para-hydroxylation sites is 1. The van der Waals surface area contributed by atoms with Gasteiger partial charge in [-0.2, -0.15) is 0 Å². The first-order valence-corrected chi connectivity index (χ1v) is 9.51. The minimum Gasteiger partial charge on any atom is -0.497 e. The molecule has 2 heterocycles. The number of furan rings is 1. The fourth-order valence-corrected chi connectivity index (χ4v) is 3.70. The van der Waals surface area contributed by atoms with Gasteiger partial charge >= 0.3 is 0 Å². The third-order valence-electron chi connectivity index (χ3n) is 4.26. The first-order valence-electron chi connectivity index (χ1n) is 8.69. The number of likely N-dealkylation sites (N-methyl/N-ethyl adjacent to an activating group) is 1. The standard InChI is InChI=1S/C22H18N2O3S/c1-24-21(25)20(28-22(24)23-16-6-4-3-5-7-16)14-18-12-13-19(27-18)15-8-10-17(26-2)11-9-15/h3-14H,1-2H3/b20-14-,23-22+. The first-order chi connectivity index (χ1) is 13.6. The van der Waals surface area contributed by atoms with Gasteiger partial charge in [-0.1, -0.05) is 18.2 Å². The summed E-state index contributed by atoms with van der Waals surface area (Å²) in [7, 11) is 3.36. The van der Waals surface area contributed by atoms with Crippen molar-refractivity contribution in [3.63, 3.8) is 0 Å². The maximum atomic E-state index is 12.6. The van der Waals surface area contributed by atoms with Crippen molar-refractivity contribution in [1.29, 1.82) is 0 Å². The van der Waals surface area contributed by atoms with E-state index in [4.69, 9.17) is 9.15 Å². The molecule has 0 unspecified atom stereocenters. The maximum absolute atomic E-state index is 12.6. The van der Waals surface area contributed by atoms with Gasteiger partial charge in [-0.15, -0.1) is 0 Å². The molecule has 1 aromatic heterocycles. The van der Waals surface area contributed by atoms with E-state index in [-0.39, 0.29) is 5.91 Å². The topological polar surface area (TPSA) is 55.0 Å². The van der Waals surface area contributed by atoms with Gasteiger partial charge in [-0.25, -0.2) is 4.99 Å². The normalized spacial score (nSPS) is 16.9. The second kappa shape index (κ2) is 7.78. The highest BCUT2D eigenvalue weighted by Crippen LogP contribution is 2.34. The molecule has 0 radical (unpaired) electrons. The zero-order valence-corrected chi connectivity index (χ0v) is 16.3. The number of nitrogens with zero attached hydrogens (tertiary/aromatic N) is 2. The van der Waals surface area contributed by atoms with Crippen molar-refractivity contribution in [2.45, 2.75) is 0 Å². The second-order valence-corrected chi connectivity index (χ2v) is 7.14. The number of methoxy groups -OCH3 is 1. The summed E-state index contributed by atoms with van der Waals surface area (Å²) in [5.41, 5.74) is 1.75. The number of amides is 1. The quantitative estimate of drug-likeness (QED) is 0.575. The number of thioether (sulfide) groups is 1. The Bertz CT molecular complexity index is 1050. The van der Waals surface area contributed by atoms with E-state index in [1.807, 2.05) is 66.7 Å². The third-order valence-corrected chi connectivity index (χ3v) is 5.32. The Hall–Kier alpha value is -3.25. The number of amidine groups is 1. The molecular weight excluding hydrogens is 372 g/mol. The highest BCUT2D eigenvalue weighted by Gasteiger charge is 2.30. The SMILES string of the molecule is COc1ccc(-c2ccc(/C=C3\S/C(=N/c4ccccc4)N(C)C3=O)o2)cc1. The summed E-state index contributed by atoms with van der Waals surface area (Å²) in [4.78, 5) is 19.2. The Kier molecular flexibility index (Phi) is 5.04. The summed E-state index contributed by atoms with van der Waals surface area (Å²) >= 11 is 1.34. The lowest BCUT2D eigenvalue weighted by atomic mass is 10.2. The van der Waals surface area contributed by atoms with Gasteiger partial charge in [0.1, 0.15) is 17.3 Å². The molecule has 1 aliphatic rings. The van der Waals surface area contributed by atoms with Crippen LogP contribution in [0.25, 0.3) is 17.4 Å². The van der Waals surface area contributed by atoms with E-state index in [9.17, 15) is 4.79 Å². The van der Waals surface area contributed by atoms with Crippen molar-refractivity contribution < 1.29 is 13.9 Å². The Morgan fingerprint density at radius 2 is 1.79 bits per heavy atom. The Morgan fingerprint density at radius 3 is 2.50 bits per heavy atom. The smallest absolute Gasteiger partial charge is 0.266 e. The lowest BCUT2D eigenvalue weighted by molar-refractivity contribution is -0.121. The molecule has 28 heavy (non-hydrogen) atoms. The number of ether oxygens (including phenoxy) is 1. The van der Waals surface area contributed by atoms with Crippen molar-refractivity contribution in [2.75, 3.05) is 14.2 Å². The number of benzene rings is 2. The third kappa shape index (κ3) is 3.73. The summed E-state index contributed by atoms with van der Waals surface area (Å²) in [6, 6.07) is 21.0. The van der Waals surface area contributed by atoms with Crippen molar-refractivity contribution in [1.82, 2.24) is 4.90 Å². The fraction of sp³-hybridized carbons (Fsp3) is 0.0909. The van der Waals surface area contributed by atoms with Gasteiger partial charge in [0.05, 0.1) is 17.7 Å². The fourth-order valence-electron chi connectivity index (χ4n) is 2.73. The van der Waals surface area contributed by atoms with E-state index >= 15 is 0 Å². The number of carbonyl (C=O) groups is 1. The average Bonchev–Trinajstić information content (AvgIpc) is 3.30. The van der Waals surface area contributed by atoms with Crippen LogP contribution >= 0.6 is 11.8 Å². The van der Waals surface area contributed by atoms with Gasteiger partial charge < -0.3 is 9.15 Å². The summed E-state index contributed by atoms with van der Waals surface area (Å²) in [5, 5.41) is 0.643. The van der Waals surface area contributed by atoms with Gasteiger partial charge in [0.15, 0.2) is 5.17 Å². The van der Waals surface area contributed by atoms with Crippen LogP contribution in [0.2, 0.25) is 0 Å². The molecule has 0 N–H and O–H groups in total. The molecule has 0 bridgehead atoms. The highest BCUT2D eigenvalue weighted by atomic mass is 32.2. The molecule has 1 fully saturated rings. The molecule has 0 saturated carbocycles. The number of hydrogen-bond acceptors (Lipinski definition) is 5. The summed E-state index contributed by atoms with van der Waals surface area (Å²) < 4.78 is 11.1. The van der Waals surface area contributed by atoms with E-state index in [0.717, 1.165) is 22.8 Å². The first kappa shape index (κ1) is 18.1. The second-order valence-electron chi connectivity index (χ2n) is 6.14. The number of aliphatic imine (C=N–C) groups is 1. The van der Waals surface area contributed by atoms with E-state index in [2.05, 4.69) is 4.99 Å². The molecule has 2 aromatic carbocycles. The zero-order chi connectivity index (χ0) is 19.5. The monoisotopic (exact) mass is 390 g/mol. The maximum Gasteiger partial charge on any atom is 0.266 e. The zero-order valence-electron chi connectivity index (χ0n) is 15.5. The Labute approximate surface area is 167 Å². The van der Waals surface area contributed by atoms with Crippen LogP contribution in [-0.4, -0.2) is 30.1 Å². The molecule has 1 amide bonds. The van der Waals surface area contributed by atoms with Crippen molar-refractivity contribution in [2.24, 2.45) is 4.99 Å². The van der Waals surface area contributed by atoms with E-state index in [0.29, 0.717) is 15.8 Å². The predicted octanol–water partition coefficient (Wildman–Crippen LogP) is 5.19. The molecule has 0 spiro atoms. The summed E-state index contributed by atoms with van der Waals surface area (Å²) in [5.74, 6) is 2.05. The van der Waals surface area contributed by atoms with E-state index in [1.54, 1.807) is 25.1 Å². The predicted molar refractivity (Wildman–Crippen MR) is 113 cm³/mol. The number of carbonyl (C=O) groups excluding carboxylic acids is 1. The molecule has 0 aliphatic carbocycles. The van der Waals surface area contributed by atoms with Gasteiger partial charge in [-0.05, 0) is 60.3 Å². The summed E-state index contributed by atoms with van der Waals surface area (Å²) in [6.07, 6.45) is 1.75. The molecule has 1 saturated heterocycles. The summed E-state index contributed by atoms with van der Waals surface area (Å²) in [6.45, 7) is 0. The molecule has 1 aliphatic heterocycles. The number of rotatable bonds is 4. The molecule has 5 nitrogen and oxygen atoms in total. The van der Waals surface area contributed by atoms with Crippen LogP contribution in [0, 0.1) is 0 Å². The van der Waals surface area contributed by atoms with E-state index < -0.39 is 0 Å². The lowest BCUT2D eigenvalue weighted by Gasteiger charge is -2.06. The van der Waals surface area contributed by atoms with Crippen LogP contribution in [0.1, 0.15) is 5.76 Å². The molecule has 4 rings (SSSR count). The highest BCUT2D eigenvalue weighted by molar-refractivity contribution is 8.18. The van der Waals surface area contributed by atoms with Gasteiger partial charge in [-0.3, -0.25) is 9.69 Å². The molecule has 0 atom stereocenters. The Balaban J connectivity index is 1.56. The minimum absolute atomic E-state index is 0.0953. The van der Waals surface area contributed by atoms with Crippen molar-refractivity contribution in [3.05, 3.63) is 77.4 Å². The van der Waals surface area contributed by atoms with Gasteiger partial charge in [0, 0.05) is 18.7 Å². The van der Waals surface area contributed by atoms with Gasteiger partial charge in [0.2, 0.25) is 0 Å². The molecule has 6 heteroatoms. The van der Waals surface area contributed by atoms with Gasteiger partial charge in [0.25, 0.3) is 5.91 Å². The number of hydrogen-bond donors (Lipinski definition) is 0. The van der Waals surface area contributed by atoms with Crippen LogP contribution < -0.4 is 4.74 Å². The van der Waals surface area contributed by atoms with Crippen LogP contribution in [0.3, 0.4) is 0 Å². The van der Waals surface area contributed by atoms with Crippen molar-refractivity contribution in [3.8, 4) is 17.1 Å². The van der Waals surface area contributed by atoms with Crippen LogP contribution in [0.15, 0.2) is 81.0 Å².